The van der Waals surface area contributed by atoms with Crippen LogP contribution in [0.3, 0.4) is 0 Å². The molecule has 0 aromatic heterocycles. The smallest absolute Gasteiger partial charge is 0.311 e. The van der Waals surface area contributed by atoms with Gasteiger partial charge in [0.05, 0.1) is 11.5 Å². The molecule has 0 fully saturated rings. The Hall–Kier alpha value is -2.25. The zero-order valence-electron chi connectivity index (χ0n) is 24.8. The van der Waals surface area contributed by atoms with Gasteiger partial charge < -0.3 is 18.6 Å². The van der Waals surface area contributed by atoms with E-state index in [9.17, 15) is 4.79 Å². The number of hydrogen-bond acceptors (Lipinski definition) is 5. The number of carbonyl (C=O) groups excluding carboxylic acids is 1. The minimum absolute atomic E-state index is 0.0660. The fourth-order valence-corrected chi connectivity index (χ4v) is 9.48. The van der Waals surface area contributed by atoms with Crippen molar-refractivity contribution in [1.82, 2.24) is 0 Å². The summed E-state index contributed by atoms with van der Waals surface area (Å²) in [6, 6.07) is 21.3. The van der Waals surface area contributed by atoms with Gasteiger partial charge in [0.25, 0.3) is 8.32 Å². The second-order valence-corrected chi connectivity index (χ2v) is 16.4. The van der Waals surface area contributed by atoms with Crippen LogP contribution in [0.2, 0.25) is 5.04 Å². The predicted octanol–water partition coefficient (Wildman–Crippen LogP) is 5.97. The number of methoxy groups -OCH3 is 1. The number of ether oxygens (including phenoxy) is 3. The Kier molecular flexibility index (Phi) is 12.0. The van der Waals surface area contributed by atoms with Crippen molar-refractivity contribution in [2.75, 3.05) is 27.1 Å². The van der Waals surface area contributed by atoms with Gasteiger partial charge in [-0.15, -0.1) is 0 Å². The Morgan fingerprint density at radius 1 is 0.895 bits per heavy atom. The van der Waals surface area contributed by atoms with E-state index in [2.05, 4.69) is 101 Å². The molecule has 3 atom stereocenters. The van der Waals surface area contributed by atoms with E-state index in [-0.39, 0.29) is 42.3 Å². The highest BCUT2D eigenvalue weighted by Gasteiger charge is 2.50. The molecule has 0 aliphatic rings. The Balaban J connectivity index is 2.28. The SMILES string of the molecule is COCO[C@@H]([C@@H](C)/C=C\COC(=O)C(C)(C)C)[C@@H](C)CO[Si](c1ccccc1)(c1ccccc1)C(C)(C)C. The van der Waals surface area contributed by atoms with Gasteiger partial charge in [-0.1, -0.05) is 107 Å². The number of esters is 1. The summed E-state index contributed by atoms with van der Waals surface area (Å²) in [6.45, 7) is 17.7. The van der Waals surface area contributed by atoms with Crippen molar-refractivity contribution in [3.05, 3.63) is 72.8 Å². The molecule has 0 saturated heterocycles. The largest absolute Gasteiger partial charge is 0.461 e. The molecule has 0 N–H and O–H groups in total. The fourth-order valence-electron chi connectivity index (χ4n) is 4.81. The van der Waals surface area contributed by atoms with Crippen molar-refractivity contribution >= 4 is 24.7 Å². The van der Waals surface area contributed by atoms with Crippen molar-refractivity contribution < 1.29 is 23.4 Å². The van der Waals surface area contributed by atoms with Crippen LogP contribution >= 0.6 is 0 Å². The number of hydrogen-bond donors (Lipinski definition) is 0. The van der Waals surface area contributed by atoms with Crippen LogP contribution in [0.25, 0.3) is 0 Å². The molecule has 0 aliphatic carbocycles. The summed E-state index contributed by atoms with van der Waals surface area (Å²) in [5.74, 6) is -0.0612. The summed E-state index contributed by atoms with van der Waals surface area (Å²) < 4.78 is 24.0. The van der Waals surface area contributed by atoms with E-state index in [0.29, 0.717) is 6.61 Å². The van der Waals surface area contributed by atoms with Crippen LogP contribution in [0.5, 0.6) is 0 Å². The minimum Gasteiger partial charge on any atom is -0.461 e. The Bertz CT molecular complexity index is 953. The highest BCUT2D eigenvalue weighted by atomic mass is 28.4. The van der Waals surface area contributed by atoms with Gasteiger partial charge in [0, 0.05) is 25.6 Å². The Morgan fingerprint density at radius 3 is 1.87 bits per heavy atom. The first kappa shape index (κ1) is 32.0. The summed E-state index contributed by atoms with van der Waals surface area (Å²) in [5, 5.41) is 2.42. The third kappa shape index (κ3) is 8.37. The minimum atomic E-state index is -2.65. The lowest BCUT2D eigenvalue weighted by atomic mass is 9.93. The maximum atomic E-state index is 12.1. The van der Waals surface area contributed by atoms with E-state index in [1.165, 1.54) is 10.4 Å². The average molecular weight is 541 g/mol. The lowest BCUT2D eigenvalue weighted by Crippen LogP contribution is -2.67. The molecule has 38 heavy (non-hydrogen) atoms. The molecule has 2 rings (SSSR count). The first-order chi connectivity index (χ1) is 17.8. The van der Waals surface area contributed by atoms with Crippen LogP contribution in [-0.4, -0.2) is 47.5 Å². The highest BCUT2D eigenvalue weighted by molar-refractivity contribution is 6.99. The molecule has 0 saturated carbocycles. The van der Waals surface area contributed by atoms with E-state index in [1.54, 1.807) is 7.11 Å². The second-order valence-electron chi connectivity index (χ2n) is 12.1. The standard InChI is InChI=1S/C32H48O5Si/c1-25(17-16-22-35-30(33)31(3,4)5)29(36-24-34-9)26(2)23-37-38(32(6,7)8,27-18-12-10-13-19-27)28-20-14-11-15-21-28/h10-21,25-26,29H,22-24H2,1-9H3/b17-16-/t25-,26-,29-/m0/s1. The molecular formula is C32H48O5Si. The van der Waals surface area contributed by atoms with E-state index >= 15 is 0 Å². The highest BCUT2D eigenvalue weighted by Crippen LogP contribution is 2.37. The van der Waals surface area contributed by atoms with Crippen LogP contribution < -0.4 is 10.4 Å². The van der Waals surface area contributed by atoms with Crippen LogP contribution in [0.4, 0.5) is 0 Å². The molecule has 210 valence electrons. The lowest BCUT2D eigenvalue weighted by molar-refractivity contribution is -0.151. The van der Waals surface area contributed by atoms with Gasteiger partial charge in [0.15, 0.2) is 0 Å². The molecule has 0 unspecified atom stereocenters. The summed E-state index contributed by atoms with van der Waals surface area (Å²) in [6.07, 6.45) is 3.81. The zero-order chi connectivity index (χ0) is 28.4. The van der Waals surface area contributed by atoms with Crippen molar-refractivity contribution in [3.63, 3.8) is 0 Å². The van der Waals surface area contributed by atoms with E-state index < -0.39 is 13.7 Å². The molecule has 5 nitrogen and oxygen atoms in total. The molecule has 0 spiro atoms. The Labute approximate surface area is 231 Å². The normalized spacial score (nSPS) is 15.3. The quantitative estimate of drug-likeness (QED) is 0.136. The van der Waals surface area contributed by atoms with Crippen molar-refractivity contribution in [2.45, 2.75) is 66.5 Å². The van der Waals surface area contributed by atoms with Gasteiger partial charge in [0.2, 0.25) is 0 Å². The summed E-state index contributed by atoms with van der Waals surface area (Å²) >= 11 is 0. The van der Waals surface area contributed by atoms with Crippen LogP contribution in [0.1, 0.15) is 55.4 Å². The first-order valence-electron chi connectivity index (χ1n) is 13.5. The van der Waals surface area contributed by atoms with Gasteiger partial charge >= 0.3 is 5.97 Å². The molecular weight excluding hydrogens is 492 g/mol. The topological polar surface area (TPSA) is 54.0 Å². The molecule has 0 bridgehead atoms. The van der Waals surface area contributed by atoms with Crippen LogP contribution in [0, 0.1) is 17.3 Å². The molecule has 0 heterocycles. The average Bonchev–Trinajstić information content (AvgIpc) is 2.87. The second kappa shape index (κ2) is 14.2. The van der Waals surface area contributed by atoms with E-state index in [1.807, 2.05) is 26.8 Å². The lowest BCUT2D eigenvalue weighted by Gasteiger charge is -2.44. The summed E-state index contributed by atoms with van der Waals surface area (Å²) in [4.78, 5) is 12.1. The van der Waals surface area contributed by atoms with Crippen LogP contribution in [-0.2, 0) is 23.4 Å². The third-order valence-electron chi connectivity index (χ3n) is 6.80. The van der Waals surface area contributed by atoms with Crippen molar-refractivity contribution in [2.24, 2.45) is 17.3 Å². The van der Waals surface area contributed by atoms with E-state index in [4.69, 9.17) is 18.6 Å². The first-order valence-corrected chi connectivity index (χ1v) is 15.4. The van der Waals surface area contributed by atoms with Crippen LogP contribution in [0.15, 0.2) is 72.8 Å². The van der Waals surface area contributed by atoms with Gasteiger partial charge in [-0.2, -0.15) is 0 Å². The van der Waals surface area contributed by atoms with E-state index in [0.717, 1.165) is 0 Å². The summed E-state index contributed by atoms with van der Waals surface area (Å²) in [7, 11) is -1.02. The predicted molar refractivity (Wildman–Crippen MR) is 158 cm³/mol. The number of benzene rings is 2. The van der Waals surface area contributed by atoms with Gasteiger partial charge in [-0.25, -0.2) is 0 Å². The molecule has 0 aliphatic heterocycles. The Morgan fingerprint density at radius 2 is 1.42 bits per heavy atom. The molecule has 2 aromatic carbocycles. The maximum Gasteiger partial charge on any atom is 0.311 e. The zero-order valence-corrected chi connectivity index (χ0v) is 25.8. The maximum absolute atomic E-state index is 12.1. The van der Waals surface area contributed by atoms with Gasteiger partial charge in [-0.05, 0) is 36.2 Å². The summed E-state index contributed by atoms with van der Waals surface area (Å²) in [5.41, 5.74) is -0.517. The molecule has 6 heteroatoms. The molecule has 0 amide bonds. The third-order valence-corrected chi connectivity index (χ3v) is 11.8. The molecule has 2 aromatic rings. The monoisotopic (exact) mass is 540 g/mol. The van der Waals surface area contributed by atoms with Crippen molar-refractivity contribution in [3.8, 4) is 0 Å². The number of carbonyl (C=O) groups is 1. The molecule has 0 radical (unpaired) electrons. The number of rotatable bonds is 13. The van der Waals surface area contributed by atoms with Crippen molar-refractivity contribution in [1.29, 1.82) is 0 Å². The van der Waals surface area contributed by atoms with Gasteiger partial charge in [-0.3, -0.25) is 4.79 Å². The van der Waals surface area contributed by atoms with Gasteiger partial charge in [0.1, 0.15) is 13.4 Å². The fraction of sp³-hybridized carbons (Fsp3) is 0.531.